The Morgan fingerprint density at radius 1 is 0.838 bits per heavy atom. The second-order valence-electron chi connectivity index (χ2n) is 7.95. The highest BCUT2D eigenvalue weighted by Crippen LogP contribution is 2.37. The zero-order valence-electron chi connectivity index (χ0n) is 19.7. The fourth-order valence-corrected chi connectivity index (χ4v) is 4.05. The molecule has 37 heavy (non-hydrogen) atoms. The minimum atomic E-state index is -1.27. The van der Waals surface area contributed by atoms with Gasteiger partial charge in [0.2, 0.25) is 11.8 Å². The molecule has 188 valence electrons. The number of nitrogens with two attached hydrogens (primary N) is 2. The van der Waals surface area contributed by atoms with Crippen molar-refractivity contribution >= 4 is 22.5 Å². The molecule has 0 saturated carbocycles. The summed E-state index contributed by atoms with van der Waals surface area (Å²) in [5, 5.41) is 5.05. The third-order valence-electron chi connectivity index (χ3n) is 5.80. The van der Waals surface area contributed by atoms with Crippen molar-refractivity contribution in [1.82, 2.24) is 24.7 Å². The molecular weight excluding hydrogens is 487 g/mol. The zero-order chi connectivity index (χ0) is 26.3. The van der Waals surface area contributed by atoms with Crippen molar-refractivity contribution in [3.05, 3.63) is 77.2 Å². The van der Waals surface area contributed by atoms with Gasteiger partial charge in [-0.1, -0.05) is 18.2 Å². The average molecular weight is 507 g/mol. The number of para-hydroxylation sites is 1. The van der Waals surface area contributed by atoms with E-state index in [0.717, 1.165) is 12.1 Å². The fraction of sp³-hybridized carbons (Fsp3) is 0.120. The lowest BCUT2D eigenvalue weighted by atomic mass is 10.1. The monoisotopic (exact) mass is 507 g/mol. The highest BCUT2D eigenvalue weighted by Gasteiger charge is 2.22. The van der Waals surface area contributed by atoms with Crippen molar-refractivity contribution in [2.75, 3.05) is 25.7 Å². The van der Waals surface area contributed by atoms with Crippen LogP contribution in [0.25, 0.3) is 28.0 Å². The van der Waals surface area contributed by atoms with E-state index in [1.54, 1.807) is 36.4 Å². The molecule has 9 nitrogen and oxygen atoms in total. The molecule has 0 saturated heterocycles. The summed E-state index contributed by atoms with van der Waals surface area (Å²) < 4.78 is 54.3. The van der Waals surface area contributed by atoms with E-state index in [4.69, 9.17) is 20.9 Å². The molecule has 5 aromatic rings. The van der Waals surface area contributed by atoms with Crippen molar-refractivity contribution in [3.63, 3.8) is 0 Å². The Balaban J connectivity index is 1.63. The average Bonchev–Trinajstić information content (AvgIpc) is 3.27. The fourth-order valence-electron chi connectivity index (χ4n) is 4.05. The molecule has 0 aliphatic heterocycles. The quantitative estimate of drug-likeness (QED) is 0.330. The third kappa shape index (κ3) is 4.11. The van der Waals surface area contributed by atoms with E-state index in [1.807, 2.05) is 0 Å². The van der Waals surface area contributed by atoms with Gasteiger partial charge in [0.15, 0.2) is 11.6 Å². The molecule has 0 aliphatic carbocycles. The molecule has 5 rings (SSSR count). The summed E-state index contributed by atoms with van der Waals surface area (Å²) in [7, 11) is 2.91. The lowest BCUT2D eigenvalue weighted by Crippen LogP contribution is -2.11. The molecule has 0 fully saturated rings. The molecule has 0 spiro atoms. The minimum Gasteiger partial charge on any atom is -0.481 e. The maximum absolute atomic E-state index is 14.4. The molecule has 0 unspecified atom stereocenters. The first kappa shape index (κ1) is 23.9. The SMILES string of the molecule is COc1ccc(-c2c(N)nc(-n3nc(Cc4c(F)ccc(F)c4F)c4ccccc43)nc2N)c(OC)n1. The molecule has 0 amide bonds. The number of anilines is 2. The van der Waals surface area contributed by atoms with Crippen LogP contribution in [0.4, 0.5) is 24.8 Å². The van der Waals surface area contributed by atoms with Gasteiger partial charge in [0.1, 0.15) is 17.5 Å². The summed E-state index contributed by atoms with van der Waals surface area (Å²) in [6.07, 6.45) is -0.305. The Morgan fingerprint density at radius 3 is 2.24 bits per heavy atom. The van der Waals surface area contributed by atoms with E-state index >= 15 is 0 Å². The van der Waals surface area contributed by atoms with Crippen molar-refractivity contribution in [2.24, 2.45) is 0 Å². The number of fused-ring (bicyclic) bond motifs is 1. The molecule has 0 atom stereocenters. The van der Waals surface area contributed by atoms with Gasteiger partial charge in [0.25, 0.3) is 5.95 Å². The number of hydrogen-bond donors (Lipinski definition) is 2. The van der Waals surface area contributed by atoms with E-state index < -0.39 is 23.0 Å². The Hall–Kier alpha value is -4.87. The number of methoxy groups -OCH3 is 2. The maximum Gasteiger partial charge on any atom is 0.255 e. The summed E-state index contributed by atoms with van der Waals surface area (Å²) in [5.41, 5.74) is 13.7. The van der Waals surface area contributed by atoms with Crippen molar-refractivity contribution in [2.45, 2.75) is 6.42 Å². The topological polar surface area (TPSA) is 127 Å². The number of nitrogens with zero attached hydrogens (tertiary/aromatic N) is 5. The Kier molecular flexibility index (Phi) is 5.99. The van der Waals surface area contributed by atoms with E-state index in [-0.39, 0.29) is 35.6 Å². The molecular formula is C25H20F3N7O2. The van der Waals surface area contributed by atoms with E-state index in [9.17, 15) is 13.2 Å². The van der Waals surface area contributed by atoms with Gasteiger partial charge in [-0.05, 0) is 24.3 Å². The van der Waals surface area contributed by atoms with Gasteiger partial charge >= 0.3 is 0 Å². The first-order valence-corrected chi connectivity index (χ1v) is 10.9. The lowest BCUT2D eigenvalue weighted by molar-refractivity contribution is 0.366. The van der Waals surface area contributed by atoms with Crippen LogP contribution in [0.1, 0.15) is 11.3 Å². The number of ether oxygens (including phenoxy) is 2. The highest BCUT2D eigenvalue weighted by molar-refractivity contribution is 5.87. The van der Waals surface area contributed by atoms with Crippen LogP contribution >= 0.6 is 0 Å². The normalized spacial score (nSPS) is 11.2. The van der Waals surface area contributed by atoms with Gasteiger partial charge in [-0.3, -0.25) is 0 Å². The standard InChI is InChI=1S/C25H20F3N7O2/c1-36-19-10-7-13(24(31-19)37-2)20-22(29)32-25(33-23(20)30)35-18-6-4-3-5-12(18)17(34-35)11-14-15(26)8-9-16(27)21(14)28/h3-10H,11H2,1-2H3,(H4,29,30,32,33). The third-order valence-corrected chi connectivity index (χ3v) is 5.80. The van der Waals surface area contributed by atoms with Crippen LogP contribution < -0.4 is 20.9 Å². The minimum absolute atomic E-state index is 0.0242. The first-order chi connectivity index (χ1) is 17.8. The van der Waals surface area contributed by atoms with Gasteiger partial charge in [-0.2, -0.15) is 24.7 Å². The van der Waals surface area contributed by atoms with E-state index in [0.29, 0.717) is 27.9 Å². The van der Waals surface area contributed by atoms with Crippen molar-refractivity contribution in [1.29, 1.82) is 0 Å². The molecule has 0 radical (unpaired) electrons. The molecule has 0 aliphatic rings. The van der Waals surface area contributed by atoms with Gasteiger partial charge in [0, 0.05) is 23.4 Å². The zero-order valence-corrected chi connectivity index (χ0v) is 19.7. The molecule has 3 heterocycles. The van der Waals surface area contributed by atoms with Gasteiger partial charge < -0.3 is 20.9 Å². The molecule has 3 aromatic heterocycles. The van der Waals surface area contributed by atoms with Crippen LogP contribution in [0.15, 0.2) is 48.5 Å². The maximum atomic E-state index is 14.4. The van der Waals surface area contributed by atoms with Crippen LogP contribution in [0, 0.1) is 17.5 Å². The number of pyridine rings is 1. The predicted octanol–water partition coefficient (Wildman–Crippen LogP) is 4.07. The number of benzene rings is 2. The largest absolute Gasteiger partial charge is 0.481 e. The van der Waals surface area contributed by atoms with E-state index in [2.05, 4.69) is 20.1 Å². The Morgan fingerprint density at radius 2 is 1.54 bits per heavy atom. The van der Waals surface area contributed by atoms with Crippen molar-refractivity contribution < 1.29 is 22.6 Å². The van der Waals surface area contributed by atoms with Crippen LogP contribution in [0.5, 0.6) is 11.8 Å². The summed E-state index contributed by atoms with van der Waals surface area (Å²) in [6, 6.07) is 11.8. The van der Waals surface area contributed by atoms with Crippen LogP contribution in [0.2, 0.25) is 0 Å². The van der Waals surface area contributed by atoms with Crippen LogP contribution in [0.3, 0.4) is 0 Å². The van der Waals surface area contributed by atoms with Gasteiger partial charge in [-0.25, -0.2) is 13.2 Å². The lowest BCUT2D eigenvalue weighted by Gasteiger charge is -2.13. The summed E-state index contributed by atoms with van der Waals surface area (Å²) in [4.78, 5) is 13.0. The highest BCUT2D eigenvalue weighted by atomic mass is 19.2. The molecule has 4 N–H and O–H groups in total. The smallest absolute Gasteiger partial charge is 0.255 e. The van der Waals surface area contributed by atoms with Crippen molar-refractivity contribution in [3.8, 4) is 28.8 Å². The second-order valence-corrected chi connectivity index (χ2v) is 7.95. The van der Waals surface area contributed by atoms with E-state index in [1.165, 1.54) is 18.9 Å². The number of nitrogen functional groups attached to an aromatic ring is 2. The predicted molar refractivity (Wildman–Crippen MR) is 131 cm³/mol. The number of rotatable bonds is 6. The number of aromatic nitrogens is 5. The first-order valence-electron chi connectivity index (χ1n) is 10.9. The van der Waals surface area contributed by atoms with Gasteiger partial charge in [0.05, 0.1) is 36.6 Å². The molecule has 12 heteroatoms. The molecule has 2 aromatic carbocycles. The number of hydrogen-bond acceptors (Lipinski definition) is 8. The summed E-state index contributed by atoms with van der Waals surface area (Å²) >= 11 is 0. The Bertz CT molecular complexity index is 1630. The Labute approximate surface area is 208 Å². The number of halogens is 3. The second kappa shape index (κ2) is 9.30. The van der Waals surface area contributed by atoms with Crippen LogP contribution in [-0.4, -0.2) is 39.0 Å². The van der Waals surface area contributed by atoms with Crippen LogP contribution in [-0.2, 0) is 6.42 Å². The van der Waals surface area contributed by atoms with Gasteiger partial charge in [-0.15, -0.1) is 0 Å². The summed E-state index contributed by atoms with van der Waals surface area (Å²) in [5.74, 6) is -2.68. The summed E-state index contributed by atoms with van der Waals surface area (Å²) in [6.45, 7) is 0. The molecule has 0 bridgehead atoms.